The quantitative estimate of drug-likeness (QED) is 0.630. The Labute approximate surface area is 76.1 Å². The molecule has 0 aromatic carbocycles. The summed E-state index contributed by atoms with van der Waals surface area (Å²) in [5, 5.41) is 0. The maximum atomic E-state index is 5.43. The van der Waals surface area contributed by atoms with E-state index in [4.69, 9.17) is 5.73 Å². The van der Waals surface area contributed by atoms with E-state index in [9.17, 15) is 0 Å². The lowest BCUT2D eigenvalue weighted by molar-refractivity contribution is 0.0674. The maximum absolute atomic E-state index is 5.43. The first-order valence-electron chi connectivity index (χ1n) is 5.16. The van der Waals surface area contributed by atoms with Crippen molar-refractivity contribution in [3.05, 3.63) is 0 Å². The standard InChI is InChI=1S/C10H22N2/c1-9(2)10-7-12(8-10)6-4-3-5-11/h9-10H,3-8,11H2,1-2H3. The first kappa shape index (κ1) is 10.0. The summed E-state index contributed by atoms with van der Waals surface area (Å²) in [6.07, 6.45) is 2.46. The predicted molar refractivity (Wildman–Crippen MR) is 53.1 cm³/mol. The Balaban J connectivity index is 1.95. The third-order valence-electron chi connectivity index (χ3n) is 2.86. The van der Waals surface area contributed by atoms with Crippen LogP contribution < -0.4 is 5.73 Å². The van der Waals surface area contributed by atoms with Crippen LogP contribution in [0.3, 0.4) is 0 Å². The number of hydrogen-bond acceptors (Lipinski definition) is 2. The summed E-state index contributed by atoms with van der Waals surface area (Å²) in [5.41, 5.74) is 5.43. The van der Waals surface area contributed by atoms with E-state index in [1.54, 1.807) is 0 Å². The van der Waals surface area contributed by atoms with Crippen LogP contribution >= 0.6 is 0 Å². The van der Waals surface area contributed by atoms with Crippen molar-refractivity contribution in [2.45, 2.75) is 26.7 Å². The van der Waals surface area contributed by atoms with Gasteiger partial charge in [-0.1, -0.05) is 13.8 Å². The highest BCUT2D eigenvalue weighted by Crippen LogP contribution is 2.23. The van der Waals surface area contributed by atoms with E-state index >= 15 is 0 Å². The zero-order valence-electron chi connectivity index (χ0n) is 8.42. The van der Waals surface area contributed by atoms with Crippen LogP contribution in [-0.2, 0) is 0 Å². The van der Waals surface area contributed by atoms with Crippen molar-refractivity contribution in [2.24, 2.45) is 17.6 Å². The van der Waals surface area contributed by atoms with Crippen LogP contribution in [0.25, 0.3) is 0 Å². The Morgan fingerprint density at radius 2 is 2.00 bits per heavy atom. The Bertz CT molecular complexity index is 117. The second kappa shape index (κ2) is 4.83. The maximum Gasteiger partial charge on any atom is 0.00245 e. The molecule has 0 bridgehead atoms. The molecule has 0 aromatic rings. The van der Waals surface area contributed by atoms with Gasteiger partial charge in [-0.05, 0) is 37.8 Å². The van der Waals surface area contributed by atoms with Crippen LogP contribution in [-0.4, -0.2) is 31.1 Å². The Morgan fingerprint density at radius 1 is 1.33 bits per heavy atom. The number of nitrogens with two attached hydrogens (primary N) is 1. The molecule has 1 saturated heterocycles. The van der Waals surface area contributed by atoms with Crippen LogP contribution in [0, 0.1) is 11.8 Å². The topological polar surface area (TPSA) is 29.3 Å². The van der Waals surface area contributed by atoms with Gasteiger partial charge in [0.1, 0.15) is 0 Å². The van der Waals surface area contributed by atoms with Crippen LogP contribution in [0.1, 0.15) is 26.7 Å². The van der Waals surface area contributed by atoms with Crippen molar-refractivity contribution >= 4 is 0 Å². The van der Waals surface area contributed by atoms with E-state index in [2.05, 4.69) is 18.7 Å². The highest BCUT2D eigenvalue weighted by Gasteiger charge is 2.27. The van der Waals surface area contributed by atoms with Gasteiger partial charge in [0.2, 0.25) is 0 Å². The van der Waals surface area contributed by atoms with E-state index in [0.29, 0.717) is 0 Å². The minimum atomic E-state index is 0.849. The molecule has 0 saturated carbocycles. The second-order valence-electron chi connectivity index (χ2n) is 4.26. The average molecular weight is 170 g/mol. The second-order valence-corrected chi connectivity index (χ2v) is 4.26. The molecule has 0 radical (unpaired) electrons. The fraction of sp³-hybridized carbons (Fsp3) is 1.00. The third kappa shape index (κ3) is 2.76. The summed E-state index contributed by atoms with van der Waals surface area (Å²) >= 11 is 0. The lowest BCUT2D eigenvalue weighted by Gasteiger charge is -2.41. The number of rotatable bonds is 5. The number of nitrogens with zero attached hydrogens (tertiary/aromatic N) is 1. The van der Waals surface area contributed by atoms with E-state index < -0.39 is 0 Å². The number of unbranched alkanes of at least 4 members (excludes halogenated alkanes) is 1. The van der Waals surface area contributed by atoms with Gasteiger partial charge in [-0.2, -0.15) is 0 Å². The SMILES string of the molecule is CC(C)C1CN(CCCCN)C1. The van der Waals surface area contributed by atoms with E-state index in [-0.39, 0.29) is 0 Å². The summed E-state index contributed by atoms with van der Waals surface area (Å²) in [7, 11) is 0. The molecular weight excluding hydrogens is 148 g/mol. The van der Waals surface area contributed by atoms with Crippen molar-refractivity contribution in [1.82, 2.24) is 4.90 Å². The molecule has 1 aliphatic heterocycles. The molecule has 72 valence electrons. The monoisotopic (exact) mass is 170 g/mol. The molecule has 0 spiro atoms. The van der Waals surface area contributed by atoms with Gasteiger partial charge >= 0.3 is 0 Å². The van der Waals surface area contributed by atoms with Gasteiger partial charge in [-0.15, -0.1) is 0 Å². The lowest BCUT2D eigenvalue weighted by Crippen LogP contribution is -2.49. The van der Waals surface area contributed by atoms with Gasteiger partial charge in [0.05, 0.1) is 0 Å². The molecule has 0 aliphatic carbocycles. The molecule has 0 atom stereocenters. The Kier molecular flexibility index (Phi) is 4.02. The van der Waals surface area contributed by atoms with Gasteiger partial charge in [0, 0.05) is 13.1 Å². The van der Waals surface area contributed by atoms with Gasteiger partial charge in [-0.25, -0.2) is 0 Å². The highest BCUT2D eigenvalue weighted by atomic mass is 15.2. The lowest BCUT2D eigenvalue weighted by atomic mass is 9.88. The third-order valence-corrected chi connectivity index (χ3v) is 2.86. The summed E-state index contributed by atoms with van der Waals surface area (Å²) in [4.78, 5) is 2.54. The smallest absolute Gasteiger partial charge is 0.00245 e. The summed E-state index contributed by atoms with van der Waals surface area (Å²) in [6, 6.07) is 0. The first-order valence-corrected chi connectivity index (χ1v) is 5.16. The minimum absolute atomic E-state index is 0.849. The Hall–Kier alpha value is -0.0800. The van der Waals surface area contributed by atoms with Crippen LogP contribution in [0.15, 0.2) is 0 Å². The van der Waals surface area contributed by atoms with Gasteiger partial charge in [0.25, 0.3) is 0 Å². The molecule has 0 aromatic heterocycles. The molecule has 0 amide bonds. The Morgan fingerprint density at radius 3 is 2.50 bits per heavy atom. The molecule has 2 nitrogen and oxygen atoms in total. The molecule has 1 aliphatic rings. The average Bonchev–Trinajstić information content (AvgIpc) is 1.93. The number of likely N-dealkylation sites (tertiary alicyclic amines) is 1. The highest BCUT2D eigenvalue weighted by molar-refractivity contribution is 4.81. The van der Waals surface area contributed by atoms with Gasteiger partial charge < -0.3 is 10.6 Å². The normalized spacial score (nSPS) is 20.0. The predicted octanol–water partition coefficient (Wildman–Crippen LogP) is 1.31. The molecule has 1 rings (SSSR count). The molecule has 2 heteroatoms. The van der Waals surface area contributed by atoms with Gasteiger partial charge in [-0.3, -0.25) is 0 Å². The largest absolute Gasteiger partial charge is 0.330 e. The van der Waals surface area contributed by atoms with E-state index in [0.717, 1.165) is 18.4 Å². The van der Waals surface area contributed by atoms with Crippen molar-refractivity contribution in [3.8, 4) is 0 Å². The van der Waals surface area contributed by atoms with Crippen molar-refractivity contribution in [3.63, 3.8) is 0 Å². The zero-order chi connectivity index (χ0) is 8.97. The molecule has 1 heterocycles. The van der Waals surface area contributed by atoms with Crippen LogP contribution in [0.4, 0.5) is 0 Å². The van der Waals surface area contributed by atoms with Crippen molar-refractivity contribution in [1.29, 1.82) is 0 Å². The molecule has 2 N–H and O–H groups in total. The summed E-state index contributed by atoms with van der Waals surface area (Å²) < 4.78 is 0. The van der Waals surface area contributed by atoms with Gasteiger partial charge in [0.15, 0.2) is 0 Å². The van der Waals surface area contributed by atoms with E-state index in [1.807, 2.05) is 0 Å². The van der Waals surface area contributed by atoms with Crippen molar-refractivity contribution < 1.29 is 0 Å². The van der Waals surface area contributed by atoms with E-state index in [1.165, 1.54) is 32.5 Å². The van der Waals surface area contributed by atoms with Crippen molar-refractivity contribution in [2.75, 3.05) is 26.2 Å². The molecule has 1 fully saturated rings. The summed E-state index contributed by atoms with van der Waals surface area (Å²) in [5.74, 6) is 1.83. The summed E-state index contributed by atoms with van der Waals surface area (Å²) in [6.45, 7) is 9.40. The molecule has 0 unspecified atom stereocenters. The fourth-order valence-corrected chi connectivity index (χ4v) is 1.69. The van der Waals surface area contributed by atoms with Crippen LogP contribution in [0.2, 0.25) is 0 Å². The molecule has 12 heavy (non-hydrogen) atoms. The zero-order valence-corrected chi connectivity index (χ0v) is 8.42. The first-order chi connectivity index (χ1) is 5.74. The number of hydrogen-bond donors (Lipinski definition) is 1. The minimum Gasteiger partial charge on any atom is -0.330 e. The molecular formula is C10H22N2. The van der Waals surface area contributed by atoms with Crippen LogP contribution in [0.5, 0.6) is 0 Å². The fourth-order valence-electron chi connectivity index (χ4n) is 1.69.